The fourth-order valence-corrected chi connectivity index (χ4v) is 2.57. The van der Waals surface area contributed by atoms with E-state index >= 15 is 0 Å². The fraction of sp³-hybridized carbons (Fsp3) is 0.222. The Bertz CT molecular complexity index is 695. The predicted molar refractivity (Wildman–Crippen MR) is 85.2 cm³/mol. The Morgan fingerprint density at radius 1 is 1.00 bits per heavy atom. The minimum atomic E-state index is -0.957. The normalized spacial score (nSPS) is 10.3. The first-order valence-corrected chi connectivity index (χ1v) is 7.07. The zero-order valence-corrected chi connectivity index (χ0v) is 12.9. The van der Waals surface area contributed by atoms with Gasteiger partial charge in [0.2, 0.25) is 0 Å². The van der Waals surface area contributed by atoms with Crippen molar-refractivity contribution in [1.82, 2.24) is 5.32 Å². The van der Waals surface area contributed by atoms with E-state index in [0.717, 1.165) is 22.3 Å². The number of carboxylic acid groups (broad SMARTS) is 1. The van der Waals surface area contributed by atoms with Crippen molar-refractivity contribution in [3.05, 3.63) is 69.8 Å². The minimum absolute atomic E-state index is 0.114. The van der Waals surface area contributed by atoms with E-state index in [2.05, 4.69) is 5.32 Å². The molecule has 22 heavy (non-hydrogen) atoms. The highest BCUT2D eigenvalue weighted by atomic mass is 16.4. The molecule has 0 spiro atoms. The lowest BCUT2D eigenvalue weighted by Gasteiger charge is -2.12. The zero-order chi connectivity index (χ0) is 16.3. The van der Waals surface area contributed by atoms with Gasteiger partial charge in [-0.1, -0.05) is 29.8 Å². The lowest BCUT2D eigenvalue weighted by Crippen LogP contribution is -2.24. The Morgan fingerprint density at radius 3 is 2.05 bits per heavy atom. The van der Waals surface area contributed by atoms with Gasteiger partial charge in [0, 0.05) is 12.1 Å². The van der Waals surface area contributed by atoms with Crippen LogP contribution in [0.5, 0.6) is 0 Å². The number of rotatable bonds is 4. The molecule has 4 nitrogen and oxygen atoms in total. The molecule has 2 aromatic carbocycles. The largest absolute Gasteiger partial charge is 0.478 e. The van der Waals surface area contributed by atoms with Crippen molar-refractivity contribution in [2.75, 3.05) is 0 Å². The van der Waals surface area contributed by atoms with Crippen LogP contribution in [0.3, 0.4) is 0 Å². The summed E-state index contributed by atoms with van der Waals surface area (Å²) in [6.07, 6.45) is 0. The minimum Gasteiger partial charge on any atom is -0.478 e. The Labute approximate surface area is 129 Å². The number of nitrogens with one attached hydrogen (secondary N) is 1. The van der Waals surface area contributed by atoms with Crippen molar-refractivity contribution in [3.63, 3.8) is 0 Å². The highest BCUT2D eigenvalue weighted by molar-refractivity contribution is 5.97. The van der Waals surface area contributed by atoms with Crippen molar-refractivity contribution in [2.45, 2.75) is 27.3 Å². The van der Waals surface area contributed by atoms with E-state index in [1.165, 1.54) is 12.1 Å². The van der Waals surface area contributed by atoms with Gasteiger partial charge in [0.25, 0.3) is 5.91 Å². The van der Waals surface area contributed by atoms with Gasteiger partial charge in [-0.25, -0.2) is 4.79 Å². The van der Waals surface area contributed by atoms with E-state index in [-0.39, 0.29) is 11.5 Å². The maximum absolute atomic E-state index is 12.3. The number of aromatic carboxylic acids is 1. The second-order valence-electron chi connectivity index (χ2n) is 5.46. The summed E-state index contributed by atoms with van der Waals surface area (Å²) in [5.41, 5.74) is 4.84. The summed E-state index contributed by atoms with van der Waals surface area (Å²) in [6, 6.07) is 10.5. The summed E-state index contributed by atoms with van der Waals surface area (Å²) >= 11 is 0. The molecule has 0 saturated carbocycles. The van der Waals surface area contributed by atoms with E-state index < -0.39 is 5.97 Å². The SMILES string of the molecule is Cc1cc(C)c(C(=O)NCc2ccc(C(=O)O)cc2)c(C)c1. The molecule has 0 saturated heterocycles. The lowest BCUT2D eigenvalue weighted by molar-refractivity contribution is 0.0696. The van der Waals surface area contributed by atoms with Gasteiger partial charge in [-0.2, -0.15) is 0 Å². The molecule has 0 aromatic heterocycles. The van der Waals surface area contributed by atoms with Crippen molar-refractivity contribution in [1.29, 1.82) is 0 Å². The number of benzene rings is 2. The van der Waals surface area contributed by atoms with Gasteiger partial charge >= 0.3 is 5.97 Å². The van der Waals surface area contributed by atoms with Gasteiger partial charge in [0.1, 0.15) is 0 Å². The number of aryl methyl sites for hydroxylation is 3. The van der Waals surface area contributed by atoms with Gasteiger partial charge in [-0.05, 0) is 49.6 Å². The monoisotopic (exact) mass is 297 g/mol. The second-order valence-corrected chi connectivity index (χ2v) is 5.46. The highest BCUT2D eigenvalue weighted by Gasteiger charge is 2.12. The Balaban J connectivity index is 2.08. The molecule has 0 fully saturated rings. The number of amides is 1. The molecule has 2 aromatic rings. The summed E-state index contributed by atoms with van der Waals surface area (Å²) in [6.45, 7) is 6.23. The number of hydrogen-bond donors (Lipinski definition) is 2. The third kappa shape index (κ3) is 3.52. The summed E-state index contributed by atoms with van der Waals surface area (Å²) in [5.74, 6) is -1.07. The summed E-state index contributed by atoms with van der Waals surface area (Å²) in [5, 5.41) is 11.7. The van der Waals surface area contributed by atoms with E-state index in [0.29, 0.717) is 12.1 Å². The molecule has 0 heterocycles. The van der Waals surface area contributed by atoms with E-state index in [9.17, 15) is 9.59 Å². The van der Waals surface area contributed by atoms with Gasteiger partial charge in [-0.3, -0.25) is 4.79 Å². The maximum Gasteiger partial charge on any atom is 0.335 e. The first-order chi connectivity index (χ1) is 10.4. The number of carbonyl (C=O) groups is 2. The smallest absolute Gasteiger partial charge is 0.335 e. The van der Waals surface area contributed by atoms with Crippen LogP contribution in [0.4, 0.5) is 0 Å². The van der Waals surface area contributed by atoms with Gasteiger partial charge in [-0.15, -0.1) is 0 Å². The molecule has 0 aliphatic carbocycles. The molecule has 0 aliphatic rings. The molecule has 114 valence electrons. The molecule has 0 bridgehead atoms. The number of hydrogen-bond acceptors (Lipinski definition) is 2. The zero-order valence-electron chi connectivity index (χ0n) is 12.9. The predicted octanol–water partition coefficient (Wildman–Crippen LogP) is 3.24. The van der Waals surface area contributed by atoms with Crippen molar-refractivity contribution < 1.29 is 14.7 Å². The van der Waals surface area contributed by atoms with E-state index in [4.69, 9.17) is 5.11 Å². The van der Waals surface area contributed by atoms with Crippen LogP contribution in [-0.2, 0) is 6.54 Å². The summed E-state index contributed by atoms with van der Waals surface area (Å²) in [7, 11) is 0. The number of carboxylic acids is 1. The van der Waals surface area contributed by atoms with Crippen molar-refractivity contribution in [3.8, 4) is 0 Å². The Kier molecular flexibility index (Phi) is 4.61. The molecule has 2 rings (SSSR count). The van der Waals surface area contributed by atoms with Gasteiger partial charge < -0.3 is 10.4 Å². The molecular formula is C18H19NO3. The highest BCUT2D eigenvalue weighted by Crippen LogP contribution is 2.16. The lowest BCUT2D eigenvalue weighted by atomic mass is 9.99. The average molecular weight is 297 g/mol. The van der Waals surface area contributed by atoms with Crippen LogP contribution in [0.1, 0.15) is 43.0 Å². The third-order valence-corrected chi connectivity index (χ3v) is 3.56. The summed E-state index contributed by atoms with van der Waals surface area (Å²) < 4.78 is 0. The standard InChI is InChI=1S/C18H19NO3/c1-11-8-12(2)16(13(3)9-11)17(20)19-10-14-4-6-15(7-5-14)18(21)22/h4-9H,10H2,1-3H3,(H,19,20)(H,21,22). The molecule has 4 heteroatoms. The van der Waals surface area contributed by atoms with Crippen LogP contribution in [0.2, 0.25) is 0 Å². The topological polar surface area (TPSA) is 66.4 Å². The molecule has 0 radical (unpaired) electrons. The summed E-state index contributed by atoms with van der Waals surface area (Å²) in [4.78, 5) is 23.1. The van der Waals surface area contributed by atoms with E-state index in [1.54, 1.807) is 12.1 Å². The molecule has 0 atom stereocenters. The van der Waals surface area contributed by atoms with Crippen molar-refractivity contribution in [2.24, 2.45) is 0 Å². The van der Waals surface area contributed by atoms with Crippen LogP contribution < -0.4 is 5.32 Å². The molecular weight excluding hydrogens is 278 g/mol. The second kappa shape index (κ2) is 6.43. The van der Waals surface area contributed by atoms with Crippen LogP contribution >= 0.6 is 0 Å². The molecule has 0 aliphatic heterocycles. The van der Waals surface area contributed by atoms with Crippen LogP contribution in [0.25, 0.3) is 0 Å². The van der Waals surface area contributed by atoms with E-state index in [1.807, 2.05) is 32.9 Å². The Hall–Kier alpha value is -2.62. The van der Waals surface area contributed by atoms with Gasteiger partial charge in [0.05, 0.1) is 5.56 Å². The first kappa shape index (κ1) is 15.8. The maximum atomic E-state index is 12.3. The molecule has 1 amide bonds. The van der Waals surface area contributed by atoms with Crippen LogP contribution in [0.15, 0.2) is 36.4 Å². The Morgan fingerprint density at radius 2 is 1.55 bits per heavy atom. The average Bonchev–Trinajstić information content (AvgIpc) is 2.44. The molecule has 0 unspecified atom stereocenters. The van der Waals surface area contributed by atoms with Crippen LogP contribution in [-0.4, -0.2) is 17.0 Å². The van der Waals surface area contributed by atoms with Crippen LogP contribution in [0, 0.1) is 20.8 Å². The van der Waals surface area contributed by atoms with Gasteiger partial charge in [0.15, 0.2) is 0 Å². The molecule has 2 N–H and O–H groups in total. The number of carbonyl (C=O) groups excluding carboxylic acids is 1. The third-order valence-electron chi connectivity index (χ3n) is 3.56. The first-order valence-electron chi connectivity index (χ1n) is 7.07. The fourth-order valence-electron chi connectivity index (χ4n) is 2.57. The quantitative estimate of drug-likeness (QED) is 0.910. The van der Waals surface area contributed by atoms with Crippen molar-refractivity contribution >= 4 is 11.9 Å².